The van der Waals surface area contributed by atoms with Crippen LogP contribution in [-0.2, 0) is 0 Å². The van der Waals surface area contributed by atoms with Crippen molar-refractivity contribution in [1.29, 1.82) is 0 Å². The van der Waals surface area contributed by atoms with Crippen LogP contribution in [-0.4, -0.2) is 30.6 Å². The SMILES string of the molecule is CN1C(=O)NC[C@@H]2CCCC[C@@H]21. The Hall–Kier alpha value is -0.730. The Labute approximate surface area is 73.1 Å². The predicted molar refractivity (Wildman–Crippen MR) is 46.9 cm³/mol. The second-order valence-electron chi connectivity index (χ2n) is 3.91. The molecule has 0 aromatic heterocycles. The van der Waals surface area contributed by atoms with Gasteiger partial charge in [0.2, 0.25) is 0 Å². The maximum atomic E-state index is 11.3. The Morgan fingerprint density at radius 2 is 2.17 bits per heavy atom. The highest BCUT2D eigenvalue weighted by atomic mass is 16.2. The molecule has 2 atom stereocenters. The number of urea groups is 1. The summed E-state index contributed by atoms with van der Waals surface area (Å²) in [7, 11) is 1.91. The summed E-state index contributed by atoms with van der Waals surface area (Å²) in [6.45, 7) is 0.897. The molecule has 1 aliphatic carbocycles. The molecular formula is C9H16N2O. The maximum absolute atomic E-state index is 11.3. The highest BCUT2D eigenvalue weighted by molar-refractivity contribution is 5.75. The predicted octanol–water partition coefficient (Wildman–Crippen LogP) is 1.20. The highest BCUT2D eigenvalue weighted by Crippen LogP contribution is 2.29. The number of fused-ring (bicyclic) bond motifs is 1. The number of carbonyl (C=O) groups is 1. The zero-order chi connectivity index (χ0) is 8.55. The number of nitrogens with zero attached hydrogens (tertiary/aromatic N) is 1. The number of hydrogen-bond donors (Lipinski definition) is 1. The molecule has 0 bridgehead atoms. The average Bonchev–Trinajstić information content (AvgIpc) is 2.12. The van der Waals surface area contributed by atoms with Crippen LogP contribution in [0.15, 0.2) is 0 Å². The molecule has 1 heterocycles. The third-order valence-electron chi connectivity index (χ3n) is 3.20. The normalized spacial score (nSPS) is 35.8. The van der Waals surface area contributed by atoms with Crippen molar-refractivity contribution in [2.75, 3.05) is 13.6 Å². The lowest BCUT2D eigenvalue weighted by Gasteiger charge is -2.42. The fourth-order valence-corrected chi connectivity index (χ4v) is 2.43. The Morgan fingerprint density at radius 1 is 1.42 bits per heavy atom. The van der Waals surface area contributed by atoms with Gasteiger partial charge < -0.3 is 10.2 Å². The molecule has 1 N–H and O–H groups in total. The molecule has 0 spiro atoms. The number of nitrogens with one attached hydrogen (secondary N) is 1. The second kappa shape index (κ2) is 2.96. The van der Waals surface area contributed by atoms with Crippen LogP contribution in [0.4, 0.5) is 4.79 Å². The minimum absolute atomic E-state index is 0.109. The molecule has 2 aliphatic rings. The second-order valence-corrected chi connectivity index (χ2v) is 3.91. The van der Waals surface area contributed by atoms with Crippen LogP contribution < -0.4 is 5.32 Å². The van der Waals surface area contributed by atoms with E-state index < -0.39 is 0 Å². The van der Waals surface area contributed by atoms with Crippen molar-refractivity contribution in [2.45, 2.75) is 31.7 Å². The summed E-state index contributed by atoms with van der Waals surface area (Å²) in [6, 6.07) is 0.630. The molecule has 0 aromatic rings. The Kier molecular flexibility index (Phi) is 1.95. The van der Waals surface area contributed by atoms with Crippen LogP contribution in [0.1, 0.15) is 25.7 Å². The molecule has 2 fully saturated rings. The van der Waals surface area contributed by atoms with Gasteiger partial charge in [0.25, 0.3) is 0 Å². The summed E-state index contributed by atoms with van der Waals surface area (Å²) in [4.78, 5) is 13.1. The van der Waals surface area contributed by atoms with Crippen LogP contribution in [0.5, 0.6) is 0 Å². The molecule has 68 valence electrons. The molecule has 0 unspecified atom stereocenters. The first-order chi connectivity index (χ1) is 5.79. The fourth-order valence-electron chi connectivity index (χ4n) is 2.43. The van der Waals surface area contributed by atoms with Gasteiger partial charge in [-0.1, -0.05) is 12.8 Å². The summed E-state index contributed by atoms with van der Waals surface area (Å²) in [6.07, 6.45) is 5.12. The zero-order valence-corrected chi connectivity index (χ0v) is 7.55. The van der Waals surface area contributed by atoms with Crippen LogP contribution in [0, 0.1) is 5.92 Å². The minimum Gasteiger partial charge on any atom is -0.338 e. The van der Waals surface area contributed by atoms with Gasteiger partial charge >= 0.3 is 6.03 Å². The van der Waals surface area contributed by atoms with Crippen molar-refractivity contribution in [1.82, 2.24) is 10.2 Å². The first kappa shape index (κ1) is 7.90. The van der Waals surface area contributed by atoms with Crippen molar-refractivity contribution in [3.63, 3.8) is 0 Å². The van der Waals surface area contributed by atoms with Gasteiger partial charge in [0, 0.05) is 19.6 Å². The lowest BCUT2D eigenvalue weighted by atomic mass is 9.82. The topological polar surface area (TPSA) is 32.3 Å². The van der Waals surface area contributed by atoms with Gasteiger partial charge in [-0.15, -0.1) is 0 Å². The first-order valence-corrected chi connectivity index (χ1v) is 4.79. The maximum Gasteiger partial charge on any atom is 0.317 e. The van der Waals surface area contributed by atoms with Gasteiger partial charge in [0.1, 0.15) is 0 Å². The molecule has 3 heteroatoms. The molecular weight excluding hydrogens is 152 g/mol. The minimum atomic E-state index is 0.109. The lowest BCUT2D eigenvalue weighted by Crippen LogP contribution is -2.56. The molecule has 0 radical (unpaired) electrons. The number of hydrogen-bond acceptors (Lipinski definition) is 1. The van der Waals surface area contributed by atoms with Crippen LogP contribution in [0.2, 0.25) is 0 Å². The largest absolute Gasteiger partial charge is 0.338 e. The summed E-state index contributed by atoms with van der Waals surface area (Å²) in [5.41, 5.74) is 0. The molecule has 1 aliphatic heterocycles. The van der Waals surface area contributed by atoms with E-state index in [9.17, 15) is 4.79 Å². The van der Waals surface area contributed by atoms with E-state index in [0.29, 0.717) is 12.0 Å². The van der Waals surface area contributed by atoms with Gasteiger partial charge in [-0.25, -0.2) is 4.79 Å². The lowest BCUT2D eigenvalue weighted by molar-refractivity contribution is 0.112. The molecule has 12 heavy (non-hydrogen) atoms. The highest BCUT2D eigenvalue weighted by Gasteiger charge is 2.34. The smallest absolute Gasteiger partial charge is 0.317 e. The Morgan fingerprint density at radius 3 is 3.00 bits per heavy atom. The summed E-state index contributed by atoms with van der Waals surface area (Å²) < 4.78 is 0. The molecule has 1 saturated carbocycles. The molecule has 1 saturated heterocycles. The van der Waals surface area contributed by atoms with E-state index in [-0.39, 0.29) is 6.03 Å². The zero-order valence-electron chi connectivity index (χ0n) is 7.55. The van der Waals surface area contributed by atoms with Crippen molar-refractivity contribution >= 4 is 6.03 Å². The van der Waals surface area contributed by atoms with E-state index in [2.05, 4.69) is 5.32 Å². The number of carbonyl (C=O) groups excluding carboxylic acids is 1. The van der Waals surface area contributed by atoms with Crippen LogP contribution in [0.3, 0.4) is 0 Å². The molecule has 2 amide bonds. The molecule has 0 aromatic carbocycles. The fraction of sp³-hybridized carbons (Fsp3) is 0.889. The molecule has 2 rings (SSSR count). The van der Waals surface area contributed by atoms with Crippen LogP contribution >= 0.6 is 0 Å². The number of amides is 2. The summed E-state index contributed by atoms with van der Waals surface area (Å²) >= 11 is 0. The quantitative estimate of drug-likeness (QED) is 0.579. The summed E-state index contributed by atoms with van der Waals surface area (Å²) in [5, 5.41) is 2.92. The van der Waals surface area contributed by atoms with E-state index in [1.807, 2.05) is 11.9 Å². The van der Waals surface area contributed by atoms with Gasteiger partial charge in [-0.2, -0.15) is 0 Å². The summed E-state index contributed by atoms with van der Waals surface area (Å²) in [5.74, 6) is 0.710. The monoisotopic (exact) mass is 168 g/mol. The average molecular weight is 168 g/mol. The first-order valence-electron chi connectivity index (χ1n) is 4.79. The van der Waals surface area contributed by atoms with Gasteiger partial charge in [-0.05, 0) is 18.8 Å². The van der Waals surface area contributed by atoms with Gasteiger partial charge in [-0.3, -0.25) is 0 Å². The third kappa shape index (κ3) is 1.17. The standard InChI is InChI=1S/C9H16N2O/c1-11-8-5-3-2-4-7(8)6-10-9(11)12/h7-8H,2-6H2,1H3,(H,10,12)/t7-,8-/m0/s1. The van der Waals surface area contributed by atoms with Gasteiger partial charge in [0.15, 0.2) is 0 Å². The van der Waals surface area contributed by atoms with Crippen molar-refractivity contribution in [2.24, 2.45) is 5.92 Å². The Bertz CT molecular complexity index is 193. The molecule has 3 nitrogen and oxygen atoms in total. The van der Waals surface area contributed by atoms with E-state index in [0.717, 1.165) is 6.54 Å². The van der Waals surface area contributed by atoms with Gasteiger partial charge in [0.05, 0.1) is 0 Å². The van der Waals surface area contributed by atoms with Crippen molar-refractivity contribution in [3.8, 4) is 0 Å². The third-order valence-corrected chi connectivity index (χ3v) is 3.20. The van der Waals surface area contributed by atoms with E-state index in [1.54, 1.807) is 0 Å². The van der Waals surface area contributed by atoms with Crippen LogP contribution in [0.25, 0.3) is 0 Å². The van der Waals surface area contributed by atoms with Crippen molar-refractivity contribution in [3.05, 3.63) is 0 Å². The Balaban J connectivity index is 2.08. The van der Waals surface area contributed by atoms with E-state index in [4.69, 9.17) is 0 Å². The number of rotatable bonds is 0. The van der Waals surface area contributed by atoms with E-state index in [1.165, 1.54) is 25.7 Å². The van der Waals surface area contributed by atoms with E-state index >= 15 is 0 Å². The van der Waals surface area contributed by atoms with Crippen molar-refractivity contribution < 1.29 is 4.79 Å².